The molecule has 0 atom stereocenters. The number of aromatic nitrogens is 1. The van der Waals surface area contributed by atoms with E-state index in [0.717, 1.165) is 5.56 Å². The number of nitriles is 1. The molecule has 0 bridgehead atoms. The Morgan fingerprint density at radius 3 is 2.59 bits per heavy atom. The van der Waals surface area contributed by atoms with Crippen LogP contribution in [0.4, 0.5) is 10.1 Å². The van der Waals surface area contributed by atoms with Crippen LogP contribution in [0.2, 0.25) is 0 Å². The number of hydrogen-bond donors (Lipinski definition) is 0. The van der Waals surface area contributed by atoms with Crippen molar-refractivity contribution in [3.63, 3.8) is 0 Å². The Morgan fingerprint density at radius 2 is 1.89 bits per heavy atom. The van der Waals surface area contributed by atoms with Gasteiger partial charge in [0.1, 0.15) is 17.4 Å². The van der Waals surface area contributed by atoms with Crippen LogP contribution in [0.25, 0.3) is 10.9 Å². The van der Waals surface area contributed by atoms with Crippen LogP contribution in [-0.2, 0) is 11.3 Å². The molecule has 0 amide bonds. The van der Waals surface area contributed by atoms with Crippen molar-refractivity contribution in [2.24, 2.45) is 0 Å². The molecule has 0 spiro atoms. The molecule has 1 saturated heterocycles. The number of nitrogens with zero attached hydrogens (tertiary/aromatic N) is 3. The van der Waals surface area contributed by atoms with Crippen molar-refractivity contribution >= 4 is 16.6 Å². The minimum Gasteiger partial charge on any atom is -0.378 e. The van der Waals surface area contributed by atoms with Gasteiger partial charge >= 0.3 is 0 Å². The molecule has 27 heavy (non-hydrogen) atoms. The quantitative estimate of drug-likeness (QED) is 0.718. The van der Waals surface area contributed by atoms with Gasteiger partial charge in [-0.25, -0.2) is 4.39 Å². The Morgan fingerprint density at radius 1 is 1.15 bits per heavy atom. The first-order valence-corrected chi connectivity index (χ1v) is 8.81. The largest absolute Gasteiger partial charge is 0.378 e. The van der Waals surface area contributed by atoms with Gasteiger partial charge in [-0.1, -0.05) is 30.3 Å². The number of rotatable bonds is 3. The highest BCUT2D eigenvalue weighted by molar-refractivity contribution is 5.84. The molecule has 0 radical (unpaired) electrons. The topological polar surface area (TPSA) is 58.3 Å². The highest BCUT2D eigenvalue weighted by atomic mass is 19.1. The average molecular weight is 363 g/mol. The fourth-order valence-corrected chi connectivity index (χ4v) is 3.44. The summed E-state index contributed by atoms with van der Waals surface area (Å²) in [7, 11) is 0. The third-order valence-corrected chi connectivity index (χ3v) is 4.82. The summed E-state index contributed by atoms with van der Waals surface area (Å²) in [5.74, 6) is -0.456. The summed E-state index contributed by atoms with van der Waals surface area (Å²) in [6.45, 7) is 2.77. The summed E-state index contributed by atoms with van der Waals surface area (Å²) in [5.41, 5.74) is 1.67. The van der Waals surface area contributed by atoms with E-state index in [9.17, 15) is 14.4 Å². The Balaban J connectivity index is 1.90. The molecule has 6 heteroatoms. The molecular weight excluding hydrogens is 345 g/mol. The van der Waals surface area contributed by atoms with Gasteiger partial charge in [0, 0.05) is 25.8 Å². The van der Waals surface area contributed by atoms with Crippen molar-refractivity contribution in [3.05, 3.63) is 75.8 Å². The molecule has 4 rings (SSSR count). The Bertz CT molecular complexity index is 1080. The van der Waals surface area contributed by atoms with Gasteiger partial charge in [0.05, 0.1) is 29.8 Å². The zero-order valence-corrected chi connectivity index (χ0v) is 14.7. The lowest BCUT2D eigenvalue weighted by Crippen LogP contribution is -2.36. The summed E-state index contributed by atoms with van der Waals surface area (Å²) >= 11 is 0. The van der Waals surface area contributed by atoms with E-state index < -0.39 is 11.2 Å². The third-order valence-electron chi connectivity index (χ3n) is 4.82. The average Bonchev–Trinajstić information content (AvgIpc) is 2.71. The fourth-order valence-electron chi connectivity index (χ4n) is 3.44. The van der Waals surface area contributed by atoms with Gasteiger partial charge in [-0.15, -0.1) is 0 Å². The molecule has 0 saturated carbocycles. The van der Waals surface area contributed by atoms with Crippen molar-refractivity contribution in [3.8, 4) is 6.07 Å². The van der Waals surface area contributed by atoms with Gasteiger partial charge in [-0.2, -0.15) is 5.26 Å². The van der Waals surface area contributed by atoms with Gasteiger partial charge in [-0.05, 0) is 17.7 Å². The highest BCUT2D eigenvalue weighted by Gasteiger charge is 2.19. The van der Waals surface area contributed by atoms with Crippen molar-refractivity contribution in [1.29, 1.82) is 5.26 Å². The Kier molecular flexibility index (Phi) is 4.61. The molecule has 1 aliphatic heterocycles. The monoisotopic (exact) mass is 363 g/mol. The van der Waals surface area contributed by atoms with Crippen LogP contribution in [0.3, 0.4) is 0 Å². The second-order valence-corrected chi connectivity index (χ2v) is 6.52. The van der Waals surface area contributed by atoms with Gasteiger partial charge < -0.3 is 14.2 Å². The van der Waals surface area contributed by atoms with Crippen molar-refractivity contribution in [1.82, 2.24) is 4.57 Å². The fraction of sp³-hybridized carbons (Fsp3) is 0.238. The molecule has 2 heterocycles. The van der Waals surface area contributed by atoms with Crippen LogP contribution >= 0.6 is 0 Å². The van der Waals surface area contributed by atoms with E-state index >= 15 is 0 Å². The number of pyridine rings is 1. The number of benzene rings is 2. The van der Waals surface area contributed by atoms with Crippen molar-refractivity contribution < 1.29 is 9.13 Å². The summed E-state index contributed by atoms with van der Waals surface area (Å²) in [5, 5.41) is 9.54. The first-order valence-electron chi connectivity index (χ1n) is 8.81. The lowest BCUT2D eigenvalue weighted by Gasteiger charge is -2.29. The van der Waals surface area contributed by atoms with Crippen LogP contribution < -0.4 is 10.3 Å². The summed E-state index contributed by atoms with van der Waals surface area (Å²) < 4.78 is 22.0. The second-order valence-electron chi connectivity index (χ2n) is 6.52. The second kappa shape index (κ2) is 7.22. The standard InChI is InChI=1S/C21H18FN3O2/c22-18-10-17-19(11-20(18)24-6-8-27-9-7-24)25(14-16(12-23)21(17)26)13-15-4-2-1-3-5-15/h1-5,10-11,14H,6-9,13H2. The predicted molar refractivity (Wildman–Crippen MR) is 101 cm³/mol. The lowest BCUT2D eigenvalue weighted by molar-refractivity contribution is 0.122. The molecule has 0 unspecified atom stereocenters. The zero-order valence-electron chi connectivity index (χ0n) is 14.7. The number of fused-ring (bicyclic) bond motifs is 1. The molecular formula is C21H18FN3O2. The molecule has 1 aliphatic rings. The van der Waals surface area contributed by atoms with E-state index in [1.807, 2.05) is 45.9 Å². The van der Waals surface area contributed by atoms with Crippen LogP contribution in [-0.4, -0.2) is 30.9 Å². The smallest absolute Gasteiger partial charge is 0.207 e. The summed E-state index contributed by atoms with van der Waals surface area (Å²) in [4.78, 5) is 14.5. The van der Waals surface area contributed by atoms with Crippen molar-refractivity contribution in [2.45, 2.75) is 6.54 Å². The van der Waals surface area contributed by atoms with Crippen LogP contribution in [0.15, 0.2) is 53.5 Å². The highest BCUT2D eigenvalue weighted by Crippen LogP contribution is 2.26. The Labute approximate surface area is 155 Å². The third kappa shape index (κ3) is 3.29. The van der Waals surface area contributed by atoms with Crippen molar-refractivity contribution in [2.75, 3.05) is 31.2 Å². The Hall–Kier alpha value is -3.17. The molecule has 2 aromatic carbocycles. The normalized spacial score (nSPS) is 14.3. The summed E-state index contributed by atoms with van der Waals surface area (Å²) in [6.07, 6.45) is 1.55. The molecule has 0 aliphatic carbocycles. The molecule has 3 aromatic rings. The van der Waals surface area contributed by atoms with Crippen LogP contribution in [0.5, 0.6) is 0 Å². The molecule has 1 aromatic heterocycles. The minimum atomic E-state index is -0.456. The minimum absolute atomic E-state index is 0.0111. The number of ether oxygens (including phenoxy) is 1. The number of morpholine rings is 1. The first-order chi connectivity index (χ1) is 13.2. The van der Waals surface area contributed by atoms with Gasteiger partial charge in [0.2, 0.25) is 5.43 Å². The molecule has 136 valence electrons. The maximum atomic E-state index is 14.8. The number of anilines is 1. The van der Waals surface area contributed by atoms with E-state index in [0.29, 0.717) is 44.1 Å². The maximum Gasteiger partial charge on any atom is 0.207 e. The predicted octanol–water partition coefficient (Wildman–Crippen LogP) is 2.90. The SMILES string of the molecule is N#Cc1cn(Cc2ccccc2)c2cc(N3CCOCC3)c(F)cc2c1=O. The van der Waals surface area contributed by atoms with Gasteiger partial charge in [-0.3, -0.25) is 4.79 Å². The number of hydrogen-bond acceptors (Lipinski definition) is 4. The van der Waals surface area contributed by atoms with Gasteiger partial charge in [0.25, 0.3) is 0 Å². The zero-order chi connectivity index (χ0) is 18.8. The van der Waals surface area contributed by atoms with Gasteiger partial charge in [0.15, 0.2) is 0 Å². The molecule has 5 nitrogen and oxygen atoms in total. The van der Waals surface area contributed by atoms with E-state index in [1.54, 1.807) is 12.3 Å². The van der Waals surface area contributed by atoms with E-state index in [2.05, 4.69) is 0 Å². The first kappa shape index (κ1) is 17.3. The lowest BCUT2D eigenvalue weighted by atomic mass is 10.1. The summed E-state index contributed by atoms with van der Waals surface area (Å²) in [6, 6.07) is 14.6. The molecule has 1 fully saturated rings. The maximum absolute atomic E-state index is 14.8. The molecule has 0 N–H and O–H groups in total. The van der Waals surface area contributed by atoms with Crippen LogP contribution in [0, 0.1) is 17.1 Å². The van der Waals surface area contributed by atoms with Crippen LogP contribution in [0.1, 0.15) is 11.1 Å². The van der Waals surface area contributed by atoms with E-state index in [1.165, 1.54) is 6.07 Å². The van der Waals surface area contributed by atoms with E-state index in [4.69, 9.17) is 4.74 Å². The van der Waals surface area contributed by atoms with E-state index in [-0.39, 0.29) is 10.9 Å². The number of halogens is 1.